The molecule has 1 aromatic heterocycles. The summed E-state index contributed by atoms with van der Waals surface area (Å²) in [5.74, 6) is 0. The van der Waals surface area contributed by atoms with Gasteiger partial charge in [-0.15, -0.1) is 10.2 Å². The van der Waals surface area contributed by atoms with Crippen LogP contribution in [0.4, 0.5) is 0 Å². The fourth-order valence-corrected chi connectivity index (χ4v) is 1.81. The van der Waals surface area contributed by atoms with E-state index in [1.165, 1.54) is 0 Å². The lowest BCUT2D eigenvalue weighted by atomic mass is 10.1. The van der Waals surface area contributed by atoms with Crippen molar-refractivity contribution in [1.29, 1.82) is 0 Å². The van der Waals surface area contributed by atoms with E-state index >= 15 is 0 Å². The molecule has 0 N–H and O–H groups in total. The maximum Gasteiger partial charge on any atom is 0.0930 e. The van der Waals surface area contributed by atoms with Crippen molar-refractivity contribution in [3.63, 3.8) is 0 Å². The molecular formula is C16H11N2. The van der Waals surface area contributed by atoms with E-state index in [1.807, 2.05) is 66.7 Å². The van der Waals surface area contributed by atoms with E-state index in [4.69, 9.17) is 0 Å². The van der Waals surface area contributed by atoms with Crippen molar-refractivity contribution < 1.29 is 0 Å². The van der Waals surface area contributed by atoms with Gasteiger partial charge in [0.1, 0.15) is 0 Å². The molecule has 2 aromatic carbocycles. The monoisotopic (exact) mass is 231 g/mol. The number of aromatic nitrogens is 2. The summed E-state index contributed by atoms with van der Waals surface area (Å²) in [6, 6.07) is 24.7. The standard InChI is InChI=1S/C16H11N2/c1-3-7-13(8-4-1)15-11-12-16(18-17-15)14-9-5-2-6-10-14/h1,3-12H. The maximum atomic E-state index is 4.27. The van der Waals surface area contributed by atoms with Crippen LogP contribution in [0, 0.1) is 6.07 Å². The molecule has 2 heteroatoms. The first-order chi connectivity index (χ1) is 8.93. The zero-order valence-corrected chi connectivity index (χ0v) is 9.75. The Morgan fingerprint density at radius 1 is 0.611 bits per heavy atom. The maximum absolute atomic E-state index is 4.27. The number of hydrogen-bond acceptors (Lipinski definition) is 2. The Balaban J connectivity index is 1.95. The van der Waals surface area contributed by atoms with Gasteiger partial charge in [-0.05, 0) is 18.2 Å². The summed E-state index contributed by atoms with van der Waals surface area (Å²) < 4.78 is 0. The molecule has 18 heavy (non-hydrogen) atoms. The first-order valence-corrected chi connectivity index (χ1v) is 5.79. The number of hydrogen-bond donors (Lipinski definition) is 0. The van der Waals surface area contributed by atoms with Crippen LogP contribution < -0.4 is 0 Å². The Bertz CT molecular complexity index is 558. The van der Waals surface area contributed by atoms with Gasteiger partial charge in [-0.3, -0.25) is 0 Å². The van der Waals surface area contributed by atoms with Gasteiger partial charge in [0.05, 0.1) is 11.4 Å². The van der Waals surface area contributed by atoms with Gasteiger partial charge in [0.25, 0.3) is 0 Å². The number of rotatable bonds is 2. The Labute approximate surface area is 106 Å². The Morgan fingerprint density at radius 2 is 1.17 bits per heavy atom. The molecule has 0 saturated carbocycles. The van der Waals surface area contributed by atoms with E-state index in [9.17, 15) is 0 Å². The van der Waals surface area contributed by atoms with Gasteiger partial charge >= 0.3 is 0 Å². The third-order valence-electron chi connectivity index (χ3n) is 2.75. The second-order valence-electron chi connectivity index (χ2n) is 3.96. The topological polar surface area (TPSA) is 25.8 Å². The molecule has 0 unspecified atom stereocenters. The minimum atomic E-state index is 0.878. The fraction of sp³-hybridized carbons (Fsp3) is 0. The molecule has 0 spiro atoms. The molecule has 0 fully saturated rings. The molecule has 1 radical (unpaired) electrons. The van der Waals surface area contributed by atoms with E-state index in [2.05, 4.69) is 16.3 Å². The van der Waals surface area contributed by atoms with Crippen LogP contribution in [-0.2, 0) is 0 Å². The van der Waals surface area contributed by atoms with Crippen molar-refractivity contribution in [2.45, 2.75) is 0 Å². The van der Waals surface area contributed by atoms with E-state index in [-0.39, 0.29) is 0 Å². The predicted octanol–water partition coefficient (Wildman–Crippen LogP) is 3.61. The highest BCUT2D eigenvalue weighted by Crippen LogP contribution is 2.19. The van der Waals surface area contributed by atoms with E-state index in [1.54, 1.807) is 0 Å². The zero-order chi connectivity index (χ0) is 12.2. The Morgan fingerprint density at radius 3 is 1.72 bits per heavy atom. The van der Waals surface area contributed by atoms with Crippen LogP contribution in [-0.4, -0.2) is 10.2 Å². The SMILES string of the molecule is [c]1ccc(-c2ccc(-c3ccccc3)nn2)cc1. The minimum absolute atomic E-state index is 0.878. The summed E-state index contributed by atoms with van der Waals surface area (Å²) in [5, 5.41) is 8.53. The van der Waals surface area contributed by atoms with Gasteiger partial charge in [-0.1, -0.05) is 54.6 Å². The average Bonchev–Trinajstić information content (AvgIpc) is 2.49. The summed E-state index contributed by atoms with van der Waals surface area (Å²) in [7, 11) is 0. The van der Waals surface area contributed by atoms with Crippen LogP contribution in [0.1, 0.15) is 0 Å². The van der Waals surface area contributed by atoms with E-state index in [0.29, 0.717) is 0 Å². The number of benzene rings is 2. The summed E-state index contributed by atoms with van der Waals surface area (Å²) >= 11 is 0. The quantitative estimate of drug-likeness (QED) is 0.673. The van der Waals surface area contributed by atoms with Crippen LogP contribution in [0.3, 0.4) is 0 Å². The first-order valence-electron chi connectivity index (χ1n) is 5.79. The summed E-state index contributed by atoms with van der Waals surface area (Å²) in [5.41, 5.74) is 3.91. The first kappa shape index (κ1) is 10.7. The molecule has 0 atom stereocenters. The zero-order valence-electron chi connectivity index (χ0n) is 9.75. The van der Waals surface area contributed by atoms with Crippen molar-refractivity contribution in [3.05, 3.63) is 72.8 Å². The van der Waals surface area contributed by atoms with Gasteiger partial charge in [0.15, 0.2) is 0 Å². The highest BCUT2D eigenvalue weighted by atomic mass is 15.1. The molecule has 0 aliphatic carbocycles. The molecule has 0 amide bonds. The Kier molecular flexibility index (Phi) is 2.84. The number of nitrogens with zero attached hydrogens (tertiary/aromatic N) is 2. The molecule has 3 rings (SSSR count). The second-order valence-corrected chi connectivity index (χ2v) is 3.96. The normalized spacial score (nSPS) is 10.2. The van der Waals surface area contributed by atoms with Crippen molar-refractivity contribution >= 4 is 0 Å². The van der Waals surface area contributed by atoms with Crippen LogP contribution in [0.5, 0.6) is 0 Å². The summed E-state index contributed by atoms with van der Waals surface area (Å²) in [4.78, 5) is 0. The summed E-state index contributed by atoms with van der Waals surface area (Å²) in [6.45, 7) is 0. The van der Waals surface area contributed by atoms with Crippen LogP contribution in [0.2, 0.25) is 0 Å². The highest BCUT2D eigenvalue weighted by Gasteiger charge is 2.01. The van der Waals surface area contributed by atoms with Gasteiger partial charge in [-0.25, -0.2) is 0 Å². The Hall–Kier alpha value is -2.48. The van der Waals surface area contributed by atoms with Crippen LogP contribution >= 0.6 is 0 Å². The van der Waals surface area contributed by atoms with Gasteiger partial charge in [0.2, 0.25) is 0 Å². The van der Waals surface area contributed by atoms with Gasteiger partial charge in [-0.2, -0.15) is 0 Å². The predicted molar refractivity (Wildman–Crippen MR) is 71.7 cm³/mol. The molecule has 0 saturated heterocycles. The molecule has 0 bridgehead atoms. The minimum Gasteiger partial charge on any atom is -0.150 e. The lowest BCUT2D eigenvalue weighted by Crippen LogP contribution is -1.90. The molecule has 85 valence electrons. The third kappa shape index (κ3) is 2.13. The van der Waals surface area contributed by atoms with Gasteiger partial charge in [0, 0.05) is 11.1 Å². The largest absolute Gasteiger partial charge is 0.150 e. The van der Waals surface area contributed by atoms with E-state index < -0.39 is 0 Å². The fourth-order valence-electron chi connectivity index (χ4n) is 1.81. The van der Waals surface area contributed by atoms with Crippen molar-refractivity contribution in [1.82, 2.24) is 10.2 Å². The van der Waals surface area contributed by atoms with Gasteiger partial charge < -0.3 is 0 Å². The summed E-state index contributed by atoms with van der Waals surface area (Å²) in [6.07, 6.45) is 0. The van der Waals surface area contributed by atoms with Crippen LogP contribution in [0.15, 0.2) is 66.7 Å². The molecule has 1 heterocycles. The van der Waals surface area contributed by atoms with E-state index in [0.717, 1.165) is 22.5 Å². The van der Waals surface area contributed by atoms with Crippen LogP contribution in [0.25, 0.3) is 22.5 Å². The third-order valence-corrected chi connectivity index (χ3v) is 2.75. The highest BCUT2D eigenvalue weighted by molar-refractivity contribution is 5.63. The molecule has 0 aliphatic heterocycles. The average molecular weight is 231 g/mol. The smallest absolute Gasteiger partial charge is 0.0930 e. The lowest BCUT2D eigenvalue weighted by molar-refractivity contribution is 1.04. The van der Waals surface area contributed by atoms with Crippen molar-refractivity contribution in [2.75, 3.05) is 0 Å². The lowest BCUT2D eigenvalue weighted by Gasteiger charge is -2.02. The van der Waals surface area contributed by atoms with Crippen molar-refractivity contribution in [3.8, 4) is 22.5 Å². The molecule has 2 nitrogen and oxygen atoms in total. The molecule has 3 aromatic rings. The second kappa shape index (κ2) is 4.80. The molecular weight excluding hydrogens is 220 g/mol. The molecule has 0 aliphatic rings. The van der Waals surface area contributed by atoms with Crippen molar-refractivity contribution in [2.24, 2.45) is 0 Å².